The van der Waals surface area contributed by atoms with Gasteiger partial charge < -0.3 is 9.88 Å². The largest absolute Gasteiger partial charge is 0.416 e. The standard InChI is InChI=1S/C26H17F4N3O/c27-21-10-8-17(9-11-21)15-33-16-19(23-6-1-2-7-24(23)33)12-18(14-31)25(34)32-22-5-3-4-20(13-22)26(28,29)30/h1-13,16H,15H2,(H,32,34)/b18-12+. The highest BCUT2D eigenvalue weighted by atomic mass is 19.4. The number of halogens is 4. The van der Waals surface area contributed by atoms with Crippen molar-refractivity contribution in [1.29, 1.82) is 5.26 Å². The van der Waals surface area contributed by atoms with Gasteiger partial charge in [0.25, 0.3) is 5.91 Å². The van der Waals surface area contributed by atoms with Crippen molar-refractivity contribution in [2.45, 2.75) is 12.7 Å². The zero-order valence-corrected chi connectivity index (χ0v) is 17.6. The summed E-state index contributed by atoms with van der Waals surface area (Å²) in [5.74, 6) is -1.16. The lowest BCUT2D eigenvalue weighted by Crippen LogP contribution is -2.14. The predicted octanol–water partition coefficient (Wildman–Crippen LogP) is 6.39. The van der Waals surface area contributed by atoms with Crippen LogP contribution < -0.4 is 5.32 Å². The van der Waals surface area contributed by atoms with Gasteiger partial charge in [-0.15, -0.1) is 0 Å². The fourth-order valence-corrected chi connectivity index (χ4v) is 3.58. The Bertz CT molecular complexity index is 1430. The summed E-state index contributed by atoms with van der Waals surface area (Å²) in [5, 5.41) is 12.7. The predicted molar refractivity (Wildman–Crippen MR) is 121 cm³/mol. The summed E-state index contributed by atoms with van der Waals surface area (Å²) in [7, 11) is 0. The molecule has 0 aliphatic carbocycles. The number of hydrogen-bond donors (Lipinski definition) is 1. The van der Waals surface area contributed by atoms with Gasteiger partial charge in [0, 0.05) is 34.9 Å². The van der Waals surface area contributed by atoms with Gasteiger partial charge in [0.05, 0.1) is 5.56 Å². The Kier molecular flexibility index (Phi) is 6.19. The number of benzene rings is 3. The maximum Gasteiger partial charge on any atom is 0.416 e. The molecular weight excluding hydrogens is 446 g/mol. The molecular formula is C26H17F4N3O. The molecule has 3 aromatic carbocycles. The minimum Gasteiger partial charge on any atom is -0.342 e. The van der Waals surface area contributed by atoms with Crippen molar-refractivity contribution in [3.8, 4) is 6.07 Å². The lowest BCUT2D eigenvalue weighted by atomic mass is 10.1. The third-order valence-corrected chi connectivity index (χ3v) is 5.20. The van der Waals surface area contributed by atoms with Crippen molar-refractivity contribution in [2.75, 3.05) is 5.32 Å². The number of nitrogens with zero attached hydrogens (tertiary/aromatic N) is 2. The van der Waals surface area contributed by atoms with E-state index in [0.29, 0.717) is 12.1 Å². The summed E-state index contributed by atoms with van der Waals surface area (Å²) in [4.78, 5) is 12.6. The number of alkyl halides is 3. The van der Waals surface area contributed by atoms with Crippen molar-refractivity contribution in [3.05, 3.63) is 107 Å². The highest BCUT2D eigenvalue weighted by Gasteiger charge is 2.30. The molecule has 0 unspecified atom stereocenters. The molecule has 4 rings (SSSR count). The highest BCUT2D eigenvalue weighted by molar-refractivity contribution is 6.10. The third kappa shape index (κ3) is 4.99. The number of fused-ring (bicyclic) bond motifs is 1. The lowest BCUT2D eigenvalue weighted by molar-refractivity contribution is -0.137. The average molecular weight is 463 g/mol. The van der Waals surface area contributed by atoms with E-state index in [1.807, 2.05) is 34.9 Å². The van der Waals surface area contributed by atoms with Crippen molar-refractivity contribution in [3.63, 3.8) is 0 Å². The van der Waals surface area contributed by atoms with E-state index < -0.39 is 17.6 Å². The molecule has 1 N–H and O–H groups in total. The van der Waals surface area contributed by atoms with E-state index in [9.17, 15) is 27.6 Å². The van der Waals surface area contributed by atoms with Crippen molar-refractivity contribution < 1.29 is 22.4 Å². The van der Waals surface area contributed by atoms with E-state index in [2.05, 4.69) is 5.32 Å². The van der Waals surface area contributed by atoms with Crippen LogP contribution in [0, 0.1) is 17.1 Å². The molecule has 0 atom stereocenters. The summed E-state index contributed by atoms with van der Waals surface area (Å²) in [6, 6.07) is 19.5. The Morgan fingerprint density at radius 1 is 1.03 bits per heavy atom. The normalized spacial score (nSPS) is 11.9. The average Bonchev–Trinajstić information content (AvgIpc) is 3.15. The van der Waals surface area contributed by atoms with Gasteiger partial charge in [0.15, 0.2) is 0 Å². The van der Waals surface area contributed by atoms with Crippen LogP contribution >= 0.6 is 0 Å². The molecule has 1 amide bonds. The number of hydrogen-bond acceptors (Lipinski definition) is 2. The van der Waals surface area contributed by atoms with E-state index in [-0.39, 0.29) is 17.1 Å². The van der Waals surface area contributed by atoms with E-state index >= 15 is 0 Å². The van der Waals surface area contributed by atoms with Crippen LogP contribution in [0.1, 0.15) is 16.7 Å². The molecule has 4 aromatic rings. The Labute approximate surface area is 192 Å². The monoisotopic (exact) mass is 463 g/mol. The number of nitriles is 1. The molecule has 0 saturated carbocycles. The van der Waals surface area contributed by atoms with E-state index in [1.54, 1.807) is 18.3 Å². The van der Waals surface area contributed by atoms with Crippen LogP contribution in [0.2, 0.25) is 0 Å². The highest BCUT2D eigenvalue weighted by Crippen LogP contribution is 2.31. The number of amides is 1. The summed E-state index contributed by atoms with van der Waals surface area (Å²) in [6.07, 6.45) is -1.39. The van der Waals surface area contributed by atoms with Crippen LogP contribution in [0.15, 0.2) is 84.6 Å². The Hall–Kier alpha value is -4.38. The van der Waals surface area contributed by atoms with Gasteiger partial charge in [-0.2, -0.15) is 18.4 Å². The number of carbonyl (C=O) groups excluding carboxylic acids is 1. The van der Waals surface area contributed by atoms with E-state index in [1.165, 1.54) is 30.3 Å². The van der Waals surface area contributed by atoms with Crippen LogP contribution in [0.4, 0.5) is 23.2 Å². The van der Waals surface area contributed by atoms with Gasteiger partial charge >= 0.3 is 6.18 Å². The van der Waals surface area contributed by atoms with Crippen molar-refractivity contribution >= 4 is 28.6 Å². The molecule has 34 heavy (non-hydrogen) atoms. The Balaban J connectivity index is 1.65. The molecule has 0 radical (unpaired) electrons. The molecule has 0 spiro atoms. The molecule has 170 valence electrons. The molecule has 8 heteroatoms. The maximum atomic E-state index is 13.2. The fourth-order valence-electron chi connectivity index (χ4n) is 3.58. The van der Waals surface area contributed by atoms with Gasteiger partial charge in [0.1, 0.15) is 17.5 Å². The molecule has 4 nitrogen and oxygen atoms in total. The van der Waals surface area contributed by atoms with Gasteiger partial charge in [0.2, 0.25) is 0 Å². The topological polar surface area (TPSA) is 57.8 Å². The van der Waals surface area contributed by atoms with Crippen LogP contribution in [0.5, 0.6) is 0 Å². The minimum atomic E-state index is -4.55. The Morgan fingerprint density at radius 2 is 1.76 bits per heavy atom. The second-order valence-corrected chi connectivity index (χ2v) is 7.56. The summed E-state index contributed by atoms with van der Waals surface area (Å²) >= 11 is 0. The minimum absolute atomic E-state index is 0.0697. The van der Waals surface area contributed by atoms with Gasteiger partial charge in [-0.25, -0.2) is 4.39 Å². The summed E-state index contributed by atoms with van der Waals surface area (Å²) in [5.41, 5.74) is 1.06. The van der Waals surface area contributed by atoms with Crippen molar-refractivity contribution in [2.24, 2.45) is 0 Å². The maximum absolute atomic E-state index is 13.2. The number of rotatable bonds is 5. The second-order valence-electron chi connectivity index (χ2n) is 7.56. The molecule has 0 fully saturated rings. The first-order valence-electron chi connectivity index (χ1n) is 10.2. The first-order chi connectivity index (χ1) is 16.2. The molecule has 0 saturated heterocycles. The number of nitrogens with one attached hydrogen (secondary N) is 1. The van der Waals surface area contributed by atoms with Crippen LogP contribution in [-0.2, 0) is 17.5 Å². The summed E-state index contributed by atoms with van der Waals surface area (Å²) < 4.78 is 54.0. The first kappa shape index (κ1) is 22.8. The SMILES string of the molecule is N#C/C(=C\c1cn(Cc2ccc(F)cc2)c2ccccc12)C(=O)Nc1cccc(C(F)(F)F)c1. The van der Waals surface area contributed by atoms with Gasteiger partial charge in [-0.1, -0.05) is 36.4 Å². The molecule has 1 aromatic heterocycles. The molecule has 0 aliphatic heterocycles. The van der Waals surface area contributed by atoms with Gasteiger partial charge in [-0.3, -0.25) is 4.79 Å². The second kappa shape index (κ2) is 9.24. The fraction of sp³-hybridized carbons (Fsp3) is 0.0769. The number of aromatic nitrogens is 1. The Morgan fingerprint density at radius 3 is 2.47 bits per heavy atom. The van der Waals surface area contributed by atoms with Crippen LogP contribution in [0.25, 0.3) is 17.0 Å². The lowest BCUT2D eigenvalue weighted by Gasteiger charge is -2.09. The third-order valence-electron chi connectivity index (χ3n) is 5.20. The van der Waals surface area contributed by atoms with Gasteiger partial charge in [-0.05, 0) is 48.0 Å². The zero-order valence-electron chi connectivity index (χ0n) is 17.6. The van der Waals surface area contributed by atoms with E-state index in [4.69, 9.17) is 0 Å². The molecule has 1 heterocycles. The summed E-state index contributed by atoms with van der Waals surface area (Å²) in [6.45, 7) is 0.437. The number of anilines is 1. The zero-order chi connectivity index (χ0) is 24.3. The molecule has 0 aliphatic rings. The van der Waals surface area contributed by atoms with Crippen molar-refractivity contribution in [1.82, 2.24) is 4.57 Å². The van der Waals surface area contributed by atoms with Crippen LogP contribution in [0.3, 0.4) is 0 Å². The quantitative estimate of drug-likeness (QED) is 0.212. The first-order valence-corrected chi connectivity index (χ1v) is 10.2. The number of para-hydroxylation sites is 1. The molecule has 0 bridgehead atoms. The van der Waals surface area contributed by atoms with E-state index in [0.717, 1.165) is 28.6 Å². The van der Waals surface area contributed by atoms with Crippen LogP contribution in [-0.4, -0.2) is 10.5 Å². The smallest absolute Gasteiger partial charge is 0.342 e. The number of carbonyl (C=O) groups is 1.